The van der Waals surface area contributed by atoms with E-state index < -0.39 is 29.9 Å². The van der Waals surface area contributed by atoms with Gasteiger partial charge in [-0.05, 0) is 26.0 Å². The number of thioether (sulfide) groups is 1. The average molecular weight is 369 g/mol. The topological polar surface area (TPSA) is 81.0 Å². The number of thiazole rings is 1. The van der Waals surface area contributed by atoms with Gasteiger partial charge in [0, 0.05) is 0 Å². The number of aliphatic hydroxyl groups excluding tert-OH is 2. The molecular weight excluding hydrogens is 350 g/mol. The molecule has 0 unspecified atom stereocenters. The van der Waals surface area contributed by atoms with Gasteiger partial charge in [0.25, 0.3) is 0 Å². The first-order chi connectivity index (χ1) is 11.4. The molecule has 0 bridgehead atoms. The number of rotatable bonds is 4. The zero-order valence-electron chi connectivity index (χ0n) is 13.3. The van der Waals surface area contributed by atoms with Gasteiger partial charge in [0.15, 0.2) is 10.1 Å². The lowest BCUT2D eigenvalue weighted by Gasteiger charge is -2.27. The second-order valence-electron chi connectivity index (χ2n) is 6.42. The number of ether oxygens (including phenoxy) is 3. The van der Waals surface area contributed by atoms with Crippen molar-refractivity contribution in [3.8, 4) is 0 Å². The van der Waals surface area contributed by atoms with Gasteiger partial charge in [-0.15, -0.1) is 11.3 Å². The summed E-state index contributed by atoms with van der Waals surface area (Å²) in [7, 11) is 0. The molecule has 2 aliphatic heterocycles. The summed E-state index contributed by atoms with van der Waals surface area (Å²) in [5, 5.41) is 19.8. The molecule has 2 saturated heterocycles. The molecule has 130 valence electrons. The Kier molecular flexibility index (Phi) is 4.12. The van der Waals surface area contributed by atoms with Crippen molar-refractivity contribution in [2.75, 3.05) is 12.4 Å². The summed E-state index contributed by atoms with van der Waals surface area (Å²) in [6.45, 7) is 3.30. The third kappa shape index (κ3) is 2.76. The maximum absolute atomic E-state index is 10.4. The monoisotopic (exact) mass is 369 g/mol. The van der Waals surface area contributed by atoms with E-state index in [0.29, 0.717) is 5.75 Å². The van der Waals surface area contributed by atoms with Gasteiger partial charge in [-0.3, -0.25) is 0 Å². The molecule has 2 fully saturated rings. The van der Waals surface area contributed by atoms with E-state index in [9.17, 15) is 10.2 Å². The molecule has 8 heteroatoms. The lowest BCUT2D eigenvalue weighted by Crippen LogP contribution is -2.43. The molecule has 1 aromatic heterocycles. The summed E-state index contributed by atoms with van der Waals surface area (Å²) in [5.74, 6) is -1.51. The minimum atomic E-state index is -1.08. The van der Waals surface area contributed by atoms with Crippen LogP contribution >= 0.6 is 23.1 Å². The number of aromatic nitrogens is 1. The third-order valence-corrected chi connectivity index (χ3v) is 6.48. The second kappa shape index (κ2) is 5.91. The molecule has 1 aromatic carbocycles. The molecule has 6 nitrogen and oxygen atoms in total. The van der Waals surface area contributed by atoms with Gasteiger partial charge in [0.2, 0.25) is 5.79 Å². The van der Waals surface area contributed by atoms with Crippen LogP contribution in [0, 0.1) is 0 Å². The first kappa shape index (κ1) is 16.7. The van der Waals surface area contributed by atoms with Gasteiger partial charge in [-0.1, -0.05) is 23.9 Å². The zero-order chi connectivity index (χ0) is 16.9. The molecule has 3 heterocycles. The lowest BCUT2D eigenvalue weighted by molar-refractivity contribution is -0.256. The van der Waals surface area contributed by atoms with Gasteiger partial charge in [0.05, 0.1) is 22.6 Å². The van der Waals surface area contributed by atoms with Crippen LogP contribution in [0.1, 0.15) is 13.8 Å². The summed E-state index contributed by atoms with van der Waals surface area (Å²) in [6, 6.07) is 7.97. The Labute approximate surface area is 147 Å². The van der Waals surface area contributed by atoms with Gasteiger partial charge in [0.1, 0.15) is 18.3 Å². The zero-order valence-corrected chi connectivity index (χ0v) is 15.0. The highest BCUT2D eigenvalue weighted by Gasteiger charge is 2.64. The number of fused-ring (bicyclic) bond motifs is 2. The molecular formula is C16H19NO5S2. The molecule has 4 atom stereocenters. The Balaban J connectivity index is 1.56. The normalized spacial score (nSPS) is 34.8. The van der Waals surface area contributed by atoms with Crippen LogP contribution in [-0.4, -0.2) is 57.4 Å². The molecule has 0 amide bonds. The number of aliphatic hydroxyl groups is 2. The molecule has 2 aromatic rings. The third-order valence-electron chi connectivity index (χ3n) is 4.16. The number of para-hydroxylation sites is 1. The highest BCUT2D eigenvalue weighted by Crippen LogP contribution is 2.48. The van der Waals surface area contributed by atoms with Crippen molar-refractivity contribution in [1.29, 1.82) is 0 Å². The maximum Gasteiger partial charge on any atom is 0.210 e. The van der Waals surface area contributed by atoms with Crippen LogP contribution in [0.2, 0.25) is 0 Å². The summed E-state index contributed by atoms with van der Waals surface area (Å²) < 4.78 is 19.7. The first-order valence-electron chi connectivity index (χ1n) is 7.76. The molecule has 4 rings (SSSR count). The van der Waals surface area contributed by atoms with E-state index in [2.05, 4.69) is 4.98 Å². The van der Waals surface area contributed by atoms with Crippen molar-refractivity contribution in [3.63, 3.8) is 0 Å². The van der Waals surface area contributed by atoms with Crippen LogP contribution in [0.25, 0.3) is 10.2 Å². The number of benzene rings is 1. The summed E-state index contributed by atoms with van der Waals surface area (Å²) >= 11 is 3.12. The van der Waals surface area contributed by atoms with Crippen LogP contribution in [-0.2, 0) is 14.2 Å². The van der Waals surface area contributed by atoms with E-state index in [-0.39, 0.29) is 6.61 Å². The van der Waals surface area contributed by atoms with Gasteiger partial charge >= 0.3 is 0 Å². The quantitative estimate of drug-likeness (QED) is 0.798. The van der Waals surface area contributed by atoms with E-state index in [1.54, 1.807) is 25.2 Å². The molecule has 0 aliphatic carbocycles. The standard InChI is InChI=1S/C16H19NO5S2/c1-15(2)21-13-12(19)10(7-18)20-16(13,22-15)8-23-14-17-9-5-3-4-6-11(9)24-14/h3-6,10,12-13,18-19H,7-8H2,1-2H3/t10-,12+,13-,16-/m0/s1. The minimum Gasteiger partial charge on any atom is -0.394 e. The predicted octanol–water partition coefficient (Wildman–Crippen LogP) is 1.99. The second-order valence-corrected chi connectivity index (χ2v) is 8.67. The summed E-state index contributed by atoms with van der Waals surface area (Å²) in [5.41, 5.74) is 0.962. The van der Waals surface area contributed by atoms with Crippen LogP contribution in [0.3, 0.4) is 0 Å². The smallest absolute Gasteiger partial charge is 0.210 e. The number of hydrogen-bond acceptors (Lipinski definition) is 8. The van der Waals surface area contributed by atoms with Crippen molar-refractivity contribution in [1.82, 2.24) is 4.98 Å². The van der Waals surface area contributed by atoms with E-state index in [1.165, 1.54) is 11.8 Å². The van der Waals surface area contributed by atoms with Crippen molar-refractivity contribution < 1.29 is 24.4 Å². The molecule has 24 heavy (non-hydrogen) atoms. The number of nitrogens with zero attached hydrogens (tertiary/aromatic N) is 1. The van der Waals surface area contributed by atoms with Crippen molar-refractivity contribution >= 4 is 33.3 Å². The fourth-order valence-electron chi connectivity index (χ4n) is 3.20. The Hall–Kier alpha value is -0.740. The summed E-state index contributed by atoms with van der Waals surface area (Å²) in [4.78, 5) is 4.60. The van der Waals surface area contributed by atoms with Gasteiger partial charge < -0.3 is 24.4 Å². The Morgan fingerprint density at radius 1 is 1.29 bits per heavy atom. The lowest BCUT2D eigenvalue weighted by atomic mass is 10.1. The Morgan fingerprint density at radius 3 is 2.83 bits per heavy atom. The molecule has 2 aliphatic rings. The highest BCUT2D eigenvalue weighted by molar-refractivity contribution is 8.01. The fourth-order valence-corrected chi connectivity index (χ4v) is 5.36. The van der Waals surface area contributed by atoms with Crippen LogP contribution < -0.4 is 0 Å². The SMILES string of the molecule is CC1(C)O[C@H]2[C@H](O)[C@H](CO)O[C@@]2(CSc2nc3ccccc3s2)O1. The average Bonchev–Trinajstić information content (AvgIpc) is 3.14. The minimum absolute atomic E-state index is 0.279. The van der Waals surface area contributed by atoms with E-state index in [1.807, 2.05) is 24.3 Å². The predicted molar refractivity (Wildman–Crippen MR) is 91.1 cm³/mol. The van der Waals surface area contributed by atoms with Gasteiger partial charge in [-0.2, -0.15) is 0 Å². The largest absolute Gasteiger partial charge is 0.394 e. The van der Waals surface area contributed by atoms with E-state index in [4.69, 9.17) is 14.2 Å². The van der Waals surface area contributed by atoms with Crippen LogP contribution in [0.5, 0.6) is 0 Å². The van der Waals surface area contributed by atoms with Crippen molar-refractivity contribution in [3.05, 3.63) is 24.3 Å². The molecule has 0 spiro atoms. The van der Waals surface area contributed by atoms with Crippen LogP contribution in [0.4, 0.5) is 0 Å². The maximum atomic E-state index is 10.4. The van der Waals surface area contributed by atoms with Gasteiger partial charge in [-0.25, -0.2) is 4.98 Å². The summed E-state index contributed by atoms with van der Waals surface area (Å²) in [6.07, 6.45) is -2.26. The van der Waals surface area contributed by atoms with E-state index >= 15 is 0 Å². The first-order valence-corrected chi connectivity index (χ1v) is 9.56. The van der Waals surface area contributed by atoms with Crippen LogP contribution in [0.15, 0.2) is 28.6 Å². The van der Waals surface area contributed by atoms with E-state index in [0.717, 1.165) is 14.6 Å². The molecule has 0 saturated carbocycles. The molecule has 0 radical (unpaired) electrons. The number of hydrogen-bond donors (Lipinski definition) is 2. The van der Waals surface area contributed by atoms with Crippen molar-refractivity contribution in [2.24, 2.45) is 0 Å². The Bertz CT molecular complexity index is 718. The fraction of sp³-hybridized carbons (Fsp3) is 0.562. The Morgan fingerprint density at radius 2 is 2.08 bits per heavy atom. The molecule has 2 N–H and O–H groups in total. The van der Waals surface area contributed by atoms with Crippen molar-refractivity contribution in [2.45, 2.75) is 48.1 Å². The highest BCUT2D eigenvalue weighted by atomic mass is 32.2.